The number of carbonyl (C=O) groups is 1. The van der Waals surface area contributed by atoms with Crippen LogP contribution < -0.4 is 5.32 Å². The number of hydrogen-bond acceptors (Lipinski definition) is 6. The van der Waals surface area contributed by atoms with Crippen molar-refractivity contribution in [2.24, 2.45) is 0 Å². The van der Waals surface area contributed by atoms with E-state index in [2.05, 4.69) is 25.5 Å². The molecular weight excluding hydrogens is 356 g/mol. The first-order valence-electron chi connectivity index (χ1n) is 8.76. The quantitative estimate of drug-likeness (QED) is 0.557. The molecule has 2 aromatic carbocycles. The number of nitrogens with one attached hydrogen (secondary N) is 1. The molecule has 4 aromatic rings. The van der Waals surface area contributed by atoms with E-state index in [0.29, 0.717) is 30.4 Å². The van der Waals surface area contributed by atoms with E-state index in [1.54, 1.807) is 42.2 Å². The van der Waals surface area contributed by atoms with Crippen LogP contribution in [0.25, 0.3) is 11.5 Å². The average Bonchev–Trinajstić information content (AvgIpc) is 3.39. The Bertz CT molecular complexity index is 1050. The summed E-state index contributed by atoms with van der Waals surface area (Å²) in [7, 11) is 0. The van der Waals surface area contributed by atoms with Crippen LogP contribution in [0, 0.1) is 6.92 Å². The second-order valence-electron chi connectivity index (χ2n) is 6.32. The van der Waals surface area contributed by atoms with Crippen LogP contribution in [0.2, 0.25) is 0 Å². The number of benzene rings is 2. The summed E-state index contributed by atoms with van der Waals surface area (Å²) in [5.41, 5.74) is 3.49. The van der Waals surface area contributed by atoms with Gasteiger partial charge in [-0.2, -0.15) is 10.1 Å². The van der Waals surface area contributed by atoms with E-state index in [-0.39, 0.29) is 5.91 Å². The van der Waals surface area contributed by atoms with E-state index in [4.69, 9.17) is 4.52 Å². The van der Waals surface area contributed by atoms with Gasteiger partial charge in [0.2, 0.25) is 0 Å². The lowest BCUT2D eigenvalue weighted by Crippen LogP contribution is -2.22. The molecule has 0 aliphatic heterocycles. The van der Waals surface area contributed by atoms with Gasteiger partial charge in [-0.3, -0.25) is 4.79 Å². The number of nitrogens with zero attached hydrogens (tertiary/aromatic N) is 5. The molecule has 0 aliphatic rings. The third kappa shape index (κ3) is 4.12. The minimum Gasteiger partial charge on any atom is -0.348 e. The molecule has 0 saturated carbocycles. The molecular formula is C20H18N6O2. The average molecular weight is 374 g/mol. The van der Waals surface area contributed by atoms with Crippen molar-refractivity contribution < 1.29 is 9.32 Å². The molecule has 2 heterocycles. The van der Waals surface area contributed by atoms with Gasteiger partial charge in [0.1, 0.15) is 12.7 Å². The fraction of sp³-hybridized carbons (Fsp3) is 0.150. The molecule has 0 fully saturated rings. The number of aryl methyl sites for hydroxylation is 1. The van der Waals surface area contributed by atoms with Crippen LogP contribution in [0.3, 0.4) is 0 Å². The van der Waals surface area contributed by atoms with Gasteiger partial charge in [0.25, 0.3) is 11.8 Å². The highest BCUT2D eigenvalue weighted by atomic mass is 16.5. The molecule has 0 saturated heterocycles. The highest BCUT2D eigenvalue weighted by molar-refractivity contribution is 5.94. The molecule has 140 valence electrons. The highest BCUT2D eigenvalue weighted by Crippen LogP contribution is 2.17. The fourth-order valence-electron chi connectivity index (χ4n) is 2.73. The van der Waals surface area contributed by atoms with E-state index in [1.165, 1.54) is 6.33 Å². The van der Waals surface area contributed by atoms with Gasteiger partial charge in [-0.15, -0.1) is 0 Å². The van der Waals surface area contributed by atoms with Crippen molar-refractivity contribution in [3.05, 3.63) is 83.7 Å². The van der Waals surface area contributed by atoms with Crippen LogP contribution >= 0.6 is 0 Å². The fourth-order valence-corrected chi connectivity index (χ4v) is 2.73. The Labute approximate surface area is 161 Å². The van der Waals surface area contributed by atoms with Crippen LogP contribution in [0.15, 0.2) is 65.7 Å². The molecule has 0 radical (unpaired) electrons. The summed E-state index contributed by atoms with van der Waals surface area (Å²) in [5.74, 6) is 0.875. The molecule has 4 rings (SSSR count). The van der Waals surface area contributed by atoms with E-state index < -0.39 is 0 Å². The minimum absolute atomic E-state index is 0.139. The predicted molar refractivity (Wildman–Crippen MR) is 101 cm³/mol. The Morgan fingerprint density at radius 2 is 1.82 bits per heavy atom. The molecule has 8 nitrogen and oxygen atoms in total. The standard InChI is InChI=1S/C20H18N6O2/c1-14-24-20(28-25-14)18-8-6-17(7-9-18)19(27)22-10-15-2-4-16(5-3-15)11-26-13-21-12-23-26/h2-9,12-13H,10-11H2,1H3,(H,22,27). The maximum absolute atomic E-state index is 12.4. The van der Waals surface area contributed by atoms with Gasteiger partial charge >= 0.3 is 0 Å². The number of amides is 1. The van der Waals surface area contributed by atoms with E-state index in [1.807, 2.05) is 24.3 Å². The summed E-state index contributed by atoms with van der Waals surface area (Å²) in [6, 6.07) is 15.1. The minimum atomic E-state index is -0.139. The van der Waals surface area contributed by atoms with Gasteiger partial charge in [0.05, 0.1) is 6.54 Å². The largest absolute Gasteiger partial charge is 0.348 e. The zero-order chi connectivity index (χ0) is 19.3. The van der Waals surface area contributed by atoms with E-state index in [9.17, 15) is 4.79 Å². The van der Waals surface area contributed by atoms with Crippen LogP contribution in [-0.2, 0) is 13.1 Å². The highest BCUT2D eigenvalue weighted by Gasteiger charge is 2.09. The van der Waals surface area contributed by atoms with Crippen molar-refractivity contribution in [2.45, 2.75) is 20.0 Å². The Kier molecular flexibility index (Phi) is 4.92. The topological polar surface area (TPSA) is 98.7 Å². The summed E-state index contributed by atoms with van der Waals surface area (Å²) >= 11 is 0. The van der Waals surface area contributed by atoms with Crippen molar-refractivity contribution in [2.75, 3.05) is 0 Å². The van der Waals surface area contributed by atoms with Gasteiger partial charge < -0.3 is 9.84 Å². The van der Waals surface area contributed by atoms with E-state index >= 15 is 0 Å². The van der Waals surface area contributed by atoms with Crippen molar-refractivity contribution >= 4 is 5.91 Å². The molecule has 1 N–H and O–H groups in total. The maximum atomic E-state index is 12.4. The van der Waals surface area contributed by atoms with E-state index in [0.717, 1.165) is 16.7 Å². The third-order valence-corrected chi connectivity index (χ3v) is 4.21. The predicted octanol–water partition coefficient (Wildman–Crippen LogP) is 2.61. The van der Waals surface area contributed by atoms with Crippen molar-refractivity contribution in [3.8, 4) is 11.5 Å². The van der Waals surface area contributed by atoms with Crippen LogP contribution in [0.4, 0.5) is 0 Å². The molecule has 0 unspecified atom stereocenters. The molecule has 0 atom stereocenters. The summed E-state index contributed by atoms with van der Waals surface area (Å²) in [6.45, 7) is 2.88. The molecule has 0 bridgehead atoms. The number of aromatic nitrogens is 5. The SMILES string of the molecule is Cc1noc(-c2ccc(C(=O)NCc3ccc(Cn4cncn4)cc3)cc2)n1. The Morgan fingerprint density at radius 1 is 1.07 bits per heavy atom. The first-order valence-corrected chi connectivity index (χ1v) is 8.76. The molecule has 1 amide bonds. The zero-order valence-corrected chi connectivity index (χ0v) is 15.2. The lowest BCUT2D eigenvalue weighted by molar-refractivity contribution is 0.0951. The maximum Gasteiger partial charge on any atom is 0.257 e. The Morgan fingerprint density at radius 3 is 2.46 bits per heavy atom. The molecule has 8 heteroatoms. The smallest absolute Gasteiger partial charge is 0.257 e. The Balaban J connectivity index is 1.33. The van der Waals surface area contributed by atoms with Crippen molar-refractivity contribution in [3.63, 3.8) is 0 Å². The molecule has 0 spiro atoms. The molecule has 0 aliphatic carbocycles. The molecule has 28 heavy (non-hydrogen) atoms. The van der Waals surface area contributed by atoms with Crippen LogP contribution in [0.1, 0.15) is 27.3 Å². The first kappa shape index (κ1) is 17.6. The Hall–Kier alpha value is -3.81. The third-order valence-electron chi connectivity index (χ3n) is 4.21. The summed E-state index contributed by atoms with van der Waals surface area (Å²) in [6.07, 6.45) is 3.19. The number of rotatable bonds is 6. The second kappa shape index (κ2) is 7.83. The lowest BCUT2D eigenvalue weighted by Gasteiger charge is -2.07. The summed E-state index contributed by atoms with van der Waals surface area (Å²) in [5, 5.41) is 10.8. The van der Waals surface area contributed by atoms with Gasteiger partial charge in [-0.1, -0.05) is 29.4 Å². The summed E-state index contributed by atoms with van der Waals surface area (Å²) in [4.78, 5) is 20.5. The van der Waals surface area contributed by atoms with Crippen LogP contribution in [-0.4, -0.2) is 30.8 Å². The lowest BCUT2D eigenvalue weighted by atomic mass is 10.1. The van der Waals surface area contributed by atoms with Gasteiger partial charge in [-0.05, 0) is 42.3 Å². The monoisotopic (exact) mass is 374 g/mol. The van der Waals surface area contributed by atoms with Crippen molar-refractivity contribution in [1.29, 1.82) is 0 Å². The van der Waals surface area contributed by atoms with Crippen molar-refractivity contribution in [1.82, 2.24) is 30.2 Å². The normalized spacial score (nSPS) is 10.8. The number of carbonyl (C=O) groups excluding carboxylic acids is 1. The van der Waals surface area contributed by atoms with Gasteiger partial charge in [0, 0.05) is 17.7 Å². The summed E-state index contributed by atoms with van der Waals surface area (Å²) < 4.78 is 6.89. The van der Waals surface area contributed by atoms with Crippen LogP contribution in [0.5, 0.6) is 0 Å². The zero-order valence-electron chi connectivity index (χ0n) is 15.2. The second-order valence-corrected chi connectivity index (χ2v) is 6.32. The first-order chi connectivity index (χ1) is 13.7. The van der Waals surface area contributed by atoms with Gasteiger partial charge in [-0.25, -0.2) is 9.67 Å². The molecule has 2 aromatic heterocycles. The van der Waals surface area contributed by atoms with Gasteiger partial charge in [0.15, 0.2) is 5.82 Å². The number of hydrogen-bond donors (Lipinski definition) is 1.